The number of aromatic carboxylic acids is 1. The van der Waals surface area contributed by atoms with Gasteiger partial charge in [0.2, 0.25) is 0 Å². The van der Waals surface area contributed by atoms with Gasteiger partial charge in [-0.25, -0.2) is 9.78 Å². The van der Waals surface area contributed by atoms with Crippen molar-refractivity contribution in [3.05, 3.63) is 17.5 Å². The zero-order valence-electron chi connectivity index (χ0n) is 12.2. The van der Waals surface area contributed by atoms with Gasteiger partial charge in [0, 0.05) is 25.8 Å². The fraction of sp³-hybridized carbons (Fsp3) is 0.533. The van der Waals surface area contributed by atoms with Crippen LogP contribution in [-0.2, 0) is 7.05 Å². The SMILES string of the molecule is Cc1nn(C)c2ncc(C(=O)O)c(N3CC4CCC3C4)c12. The second-order valence-corrected chi connectivity index (χ2v) is 6.22. The van der Waals surface area contributed by atoms with E-state index >= 15 is 0 Å². The predicted octanol–water partition coefficient (Wildman–Crippen LogP) is 1.96. The Bertz CT molecular complexity index is 752. The molecule has 2 aromatic rings. The number of pyridine rings is 1. The molecule has 21 heavy (non-hydrogen) atoms. The third-order valence-electron chi connectivity index (χ3n) is 4.93. The van der Waals surface area contributed by atoms with E-state index in [1.165, 1.54) is 19.0 Å². The third kappa shape index (κ3) is 1.68. The van der Waals surface area contributed by atoms with Crippen molar-refractivity contribution in [1.82, 2.24) is 14.8 Å². The Morgan fingerprint density at radius 1 is 1.43 bits per heavy atom. The molecule has 1 saturated heterocycles. The molecule has 2 aromatic heterocycles. The minimum Gasteiger partial charge on any atom is -0.478 e. The normalized spacial score (nSPS) is 24.2. The Morgan fingerprint density at radius 3 is 2.86 bits per heavy atom. The van der Waals surface area contributed by atoms with Gasteiger partial charge >= 0.3 is 5.97 Å². The van der Waals surface area contributed by atoms with Crippen molar-refractivity contribution < 1.29 is 9.90 Å². The molecule has 1 aliphatic heterocycles. The summed E-state index contributed by atoms with van der Waals surface area (Å²) < 4.78 is 1.73. The Morgan fingerprint density at radius 2 is 2.24 bits per heavy atom. The monoisotopic (exact) mass is 286 g/mol. The fourth-order valence-electron chi connectivity index (χ4n) is 4.05. The summed E-state index contributed by atoms with van der Waals surface area (Å²) in [6.45, 7) is 2.88. The van der Waals surface area contributed by atoms with E-state index in [1.807, 2.05) is 14.0 Å². The first-order valence-electron chi connectivity index (χ1n) is 7.38. The molecule has 2 unspecified atom stereocenters. The summed E-state index contributed by atoms with van der Waals surface area (Å²) in [5, 5.41) is 14.9. The van der Waals surface area contributed by atoms with Gasteiger partial charge < -0.3 is 10.0 Å². The molecule has 1 N–H and O–H groups in total. The highest BCUT2D eigenvalue weighted by Crippen LogP contribution is 2.44. The van der Waals surface area contributed by atoms with Crippen LogP contribution in [0.25, 0.3) is 11.0 Å². The van der Waals surface area contributed by atoms with E-state index in [4.69, 9.17) is 0 Å². The standard InChI is InChI=1S/C15H18N4O2/c1-8-12-13(19-7-9-3-4-10(19)5-9)11(15(20)21)6-16-14(12)18(2)17-8/h6,9-10H,3-5,7H2,1-2H3,(H,20,21). The molecular weight excluding hydrogens is 268 g/mol. The number of piperidine rings is 1. The van der Waals surface area contributed by atoms with Gasteiger partial charge in [0.05, 0.1) is 16.8 Å². The van der Waals surface area contributed by atoms with Crippen molar-refractivity contribution in [2.75, 3.05) is 11.4 Å². The van der Waals surface area contributed by atoms with Gasteiger partial charge in [0.25, 0.3) is 0 Å². The molecule has 3 heterocycles. The van der Waals surface area contributed by atoms with Crippen LogP contribution >= 0.6 is 0 Å². The first-order chi connectivity index (χ1) is 10.1. The number of carboxylic acid groups (broad SMARTS) is 1. The molecule has 1 aliphatic carbocycles. The molecule has 0 radical (unpaired) electrons. The second kappa shape index (κ2) is 4.19. The number of aromatic nitrogens is 3. The lowest BCUT2D eigenvalue weighted by molar-refractivity contribution is 0.0697. The molecule has 1 saturated carbocycles. The average molecular weight is 286 g/mol. The molecule has 2 bridgehead atoms. The molecule has 6 heteroatoms. The average Bonchev–Trinajstić information content (AvgIpc) is 3.13. The summed E-state index contributed by atoms with van der Waals surface area (Å²) >= 11 is 0. The van der Waals surface area contributed by atoms with Gasteiger partial charge in [-0.3, -0.25) is 4.68 Å². The molecule has 0 amide bonds. The van der Waals surface area contributed by atoms with Crippen LogP contribution in [0.3, 0.4) is 0 Å². The van der Waals surface area contributed by atoms with Crippen molar-refractivity contribution in [2.45, 2.75) is 32.2 Å². The van der Waals surface area contributed by atoms with Crippen molar-refractivity contribution in [3.63, 3.8) is 0 Å². The van der Waals surface area contributed by atoms with E-state index in [1.54, 1.807) is 4.68 Å². The lowest BCUT2D eigenvalue weighted by Crippen LogP contribution is -2.33. The topological polar surface area (TPSA) is 71.2 Å². The van der Waals surface area contributed by atoms with Crippen LogP contribution < -0.4 is 4.90 Å². The van der Waals surface area contributed by atoms with Crippen molar-refractivity contribution in [2.24, 2.45) is 13.0 Å². The van der Waals surface area contributed by atoms with Gasteiger partial charge in [-0.2, -0.15) is 5.10 Å². The zero-order valence-corrected chi connectivity index (χ0v) is 12.2. The van der Waals surface area contributed by atoms with Gasteiger partial charge in [-0.05, 0) is 32.1 Å². The largest absolute Gasteiger partial charge is 0.478 e. The van der Waals surface area contributed by atoms with Gasteiger partial charge in [0.15, 0.2) is 5.65 Å². The summed E-state index contributed by atoms with van der Waals surface area (Å²) in [6.07, 6.45) is 5.09. The lowest BCUT2D eigenvalue weighted by Gasteiger charge is -2.30. The molecule has 2 aliphatic rings. The van der Waals surface area contributed by atoms with Gasteiger partial charge in [-0.15, -0.1) is 0 Å². The predicted molar refractivity (Wildman–Crippen MR) is 78.7 cm³/mol. The number of hydrogen-bond donors (Lipinski definition) is 1. The van der Waals surface area contributed by atoms with Crippen LogP contribution in [0, 0.1) is 12.8 Å². The first kappa shape index (κ1) is 12.6. The Hall–Kier alpha value is -2.11. The summed E-state index contributed by atoms with van der Waals surface area (Å²) in [7, 11) is 1.85. The van der Waals surface area contributed by atoms with Crippen LogP contribution in [-0.4, -0.2) is 38.4 Å². The molecule has 110 valence electrons. The number of carbonyl (C=O) groups is 1. The van der Waals surface area contributed by atoms with Crippen molar-refractivity contribution in [3.8, 4) is 0 Å². The summed E-state index contributed by atoms with van der Waals surface area (Å²) in [5.74, 6) is -0.206. The Balaban J connectivity index is 2.00. The van der Waals surface area contributed by atoms with Crippen molar-refractivity contribution >= 4 is 22.7 Å². The maximum Gasteiger partial charge on any atom is 0.339 e. The highest BCUT2D eigenvalue weighted by Gasteiger charge is 2.40. The number of anilines is 1. The minimum absolute atomic E-state index is 0.297. The molecule has 4 rings (SSSR count). The smallest absolute Gasteiger partial charge is 0.339 e. The van der Waals surface area contributed by atoms with E-state index < -0.39 is 5.97 Å². The molecule has 0 aromatic carbocycles. The number of carboxylic acids is 1. The first-order valence-corrected chi connectivity index (χ1v) is 7.38. The van der Waals surface area contributed by atoms with Crippen molar-refractivity contribution in [1.29, 1.82) is 0 Å². The van der Waals surface area contributed by atoms with E-state index in [2.05, 4.69) is 15.0 Å². The molecule has 0 spiro atoms. The van der Waals surface area contributed by atoms with Crippen LogP contribution in [0.4, 0.5) is 5.69 Å². The molecular formula is C15H18N4O2. The van der Waals surface area contributed by atoms with E-state index in [9.17, 15) is 9.90 Å². The van der Waals surface area contributed by atoms with E-state index in [-0.39, 0.29) is 0 Å². The van der Waals surface area contributed by atoms with Crippen LogP contribution in [0.15, 0.2) is 6.20 Å². The third-order valence-corrected chi connectivity index (χ3v) is 4.93. The molecule has 6 nitrogen and oxygen atoms in total. The number of hydrogen-bond acceptors (Lipinski definition) is 4. The fourth-order valence-corrected chi connectivity index (χ4v) is 4.05. The molecule has 2 atom stereocenters. The minimum atomic E-state index is -0.912. The van der Waals surface area contributed by atoms with Crippen LogP contribution in [0.1, 0.15) is 35.3 Å². The van der Waals surface area contributed by atoms with E-state index in [0.29, 0.717) is 17.5 Å². The van der Waals surface area contributed by atoms with Crippen LogP contribution in [0.5, 0.6) is 0 Å². The van der Waals surface area contributed by atoms with Crippen LogP contribution in [0.2, 0.25) is 0 Å². The second-order valence-electron chi connectivity index (χ2n) is 6.22. The Labute approximate surface area is 122 Å². The zero-order chi connectivity index (χ0) is 14.7. The quantitative estimate of drug-likeness (QED) is 0.913. The maximum absolute atomic E-state index is 11.7. The highest BCUT2D eigenvalue weighted by molar-refractivity contribution is 6.05. The van der Waals surface area contributed by atoms with Gasteiger partial charge in [-0.1, -0.05) is 0 Å². The highest BCUT2D eigenvalue weighted by atomic mass is 16.4. The summed E-state index contributed by atoms with van der Waals surface area (Å²) in [4.78, 5) is 18.3. The summed E-state index contributed by atoms with van der Waals surface area (Å²) in [6, 6.07) is 0.471. The lowest BCUT2D eigenvalue weighted by atomic mass is 10.1. The van der Waals surface area contributed by atoms with E-state index in [0.717, 1.165) is 35.4 Å². The number of nitrogens with zero attached hydrogens (tertiary/aromatic N) is 4. The number of fused-ring (bicyclic) bond motifs is 3. The number of rotatable bonds is 2. The maximum atomic E-state index is 11.7. The number of aryl methyl sites for hydroxylation is 2. The van der Waals surface area contributed by atoms with Gasteiger partial charge in [0.1, 0.15) is 5.56 Å². The Kier molecular flexibility index (Phi) is 2.52. The summed E-state index contributed by atoms with van der Waals surface area (Å²) in [5.41, 5.74) is 2.73. The molecule has 2 fully saturated rings.